The molecule has 2 atom stereocenters. The van der Waals surface area contributed by atoms with E-state index >= 15 is 0 Å². The molecule has 0 fully saturated rings. The minimum absolute atomic E-state index is 0.134. The van der Waals surface area contributed by atoms with Crippen LogP contribution < -0.4 is 11.3 Å². The second-order valence-corrected chi connectivity index (χ2v) is 4.08. The first kappa shape index (κ1) is 14.2. The minimum atomic E-state index is 0.134. The summed E-state index contributed by atoms with van der Waals surface area (Å²) in [5.74, 6) is 5.61. The van der Waals surface area contributed by atoms with Crippen LogP contribution in [0.2, 0.25) is 0 Å². The molecule has 0 aliphatic carbocycles. The van der Waals surface area contributed by atoms with Crippen LogP contribution >= 0.6 is 0 Å². The van der Waals surface area contributed by atoms with Crippen LogP contribution in [0.4, 0.5) is 0 Å². The lowest BCUT2D eigenvalue weighted by atomic mass is 10.0. The van der Waals surface area contributed by atoms with Gasteiger partial charge in [0.25, 0.3) is 0 Å². The van der Waals surface area contributed by atoms with E-state index in [1.807, 2.05) is 17.8 Å². The molecule has 0 saturated carbocycles. The van der Waals surface area contributed by atoms with Crippen molar-refractivity contribution >= 4 is 0 Å². The molecule has 5 nitrogen and oxygen atoms in total. The number of hydrazine groups is 1. The molecule has 0 spiro atoms. The fourth-order valence-corrected chi connectivity index (χ4v) is 1.97. The molecule has 0 aliphatic heterocycles. The van der Waals surface area contributed by atoms with Crippen LogP contribution in [0.1, 0.15) is 32.8 Å². The molecular weight excluding hydrogens is 216 g/mol. The Labute approximate surface area is 103 Å². The summed E-state index contributed by atoms with van der Waals surface area (Å²) in [4.78, 5) is 0. The average Bonchev–Trinajstić information content (AvgIpc) is 2.81. The Bertz CT molecular complexity index is 313. The van der Waals surface area contributed by atoms with Gasteiger partial charge < -0.3 is 4.74 Å². The van der Waals surface area contributed by atoms with Crippen molar-refractivity contribution in [3.8, 4) is 0 Å². The van der Waals surface area contributed by atoms with E-state index in [1.54, 1.807) is 0 Å². The van der Waals surface area contributed by atoms with E-state index in [0.29, 0.717) is 6.61 Å². The standard InChI is InChI=1S/C12H24N4O/c1-4-12(17-6-3)11(15-13)7-10-8-14-16(5-2)9-10/h8-9,11-12,15H,4-7,13H2,1-3H3. The lowest BCUT2D eigenvalue weighted by Crippen LogP contribution is -2.46. The highest BCUT2D eigenvalue weighted by Crippen LogP contribution is 2.10. The van der Waals surface area contributed by atoms with Gasteiger partial charge in [0.15, 0.2) is 0 Å². The van der Waals surface area contributed by atoms with Gasteiger partial charge in [-0.25, -0.2) is 0 Å². The maximum absolute atomic E-state index is 5.68. The number of aryl methyl sites for hydroxylation is 1. The first-order chi connectivity index (χ1) is 8.24. The summed E-state index contributed by atoms with van der Waals surface area (Å²) >= 11 is 0. The van der Waals surface area contributed by atoms with Crippen LogP contribution in [-0.2, 0) is 17.7 Å². The fraction of sp³-hybridized carbons (Fsp3) is 0.750. The Kier molecular flexibility index (Phi) is 6.18. The topological polar surface area (TPSA) is 65.1 Å². The van der Waals surface area contributed by atoms with E-state index in [0.717, 1.165) is 19.4 Å². The maximum atomic E-state index is 5.68. The lowest BCUT2D eigenvalue weighted by molar-refractivity contribution is 0.0319. The molecule has 1 aromatic heterocycles. The van der Waals surface area contributed by atoms with E-state index in [-0.39, 0.29) is 12.1 Å². The molecule has 98 valence electrons. The first-order valence-corrected chi connectivity index (χ1v) is 6.34. The second-order valence-electron chi connectivity index (χ2n) is 4.08. The third-order valence-corrected chi connectivity index (χ3v) is 2.91. The Morgan fingerprint density at radius 1 is 1.47 bits per heavy atom. The third-order valence-electron chi connectivity index (χ3n) is 2.91. The Hall–Kier alpha value is -0.910. The molecule has 0 radical (unpaired) electrons. The molecule has 3 N–H and O–H groups in total. The number of nitrogens with zero attached hydrogens (tertiary/aromatic N) is 2. The van der Waals surface area contributed by atoms with Crippen LogP contribution in [-0.4, -0.2) is 28.5 Å². The number of rotatable bonds is 8. The van der Waals surface area contributed by atoms with Crippen molar-refractivity contribution in [2.45, 2.75) is 52.3 Å². The van der Waals surface area contributed by atoms with Gasteiger partial charge in [-0.15, -0.1) is 0 Å². The van der Waals surface area contributed by atoms with Crippen LogP contribution in [0, 0.1) is 0 Å². The highest BCUT2D eigenvalue weighted by Gasteiger charge is 2.19. The molecule has 0 aromatic carbocycles. The van der Waals surface area contributed by atoms with Gasteiger partial charge in [0.05, 0.1) is 18.3 Å². The van der Waals surface area contributed by atoms with Gasteiger partial charge in [-0.05, 0) is 32.3 Å². The summed E-state index contributed by atoms with van der Waals surface area (Å²) in [6.45, 7) is 7.80. The van der Waals surface area contributed by atoms with Gasteiger partial charge in [0.2, 0.25) is 0 Å². The highest BCUT2D eigenvalue weighted by atomic mass is 16.5. The quantitative estimate of drug-likeness (QED) is 0.527. The van der Waals surface area contributed by atoms with E-state index in [4.69, 9.17) is 10.6 Å². The molecule has 2 unspecified atom stereocenters. The SMILES string of the molecule is CCOC(CC)C(Cc1cnn(CC)c1)NN. The van der Waals surface area contributed by atoms with E-state index in [9.17, 15) is 0 Å². The average molecular weight is 240 g/mol. The lowest BCUT2D eigenvalue weighted by Gasteiger charge is -2.25. The number of hydrogen-bond acceptors (Lipinski definition) is 4. The van der Waals surface area contributed by atoms with Crippen molar-refractivity contribution in [1.82, 2.24) is 15.2 Å². The summed E-state index contributed by atoms with van der Waals surface area (Å²) in [6, 6.07) is 0.134. The predicted molar refractivity (Wildman–Crippen MR) is 68.4 cm³/mol. The van der Waals surface area contributed by atoms with Crippen molar-refractivity contribution in [2.24, 2.45) is 5.84 Å². The number of nitrogens with two attached hydrogens (primary N) is 1. The fourth-order valence-electron chi connectivity index (χ4n) is 1.97. The van der Waals surface area contributed by atoms with Crippen LogP contribution in [0.3, 0.4) is 0 Å². The largest absolute Gasteiger partial charge is 0.377 e. The zero-order valence-electron chi connectivity index (χ0n) is 11.0. The van der Waals surface area contributed by atoms with Gasteiger partial charge in [-0.1, -0.05) is 6.92 Å². The molecule has 1 rings (SSSR count). The number of ether oxygens (including phenoxy) is 1. The molecule has 1 heterocycles. The monoisotopic (exact) mass is 240 g/mol. The molecule has 1 aromatic rings. The molecule has 0 bridgehead atoms. The Morgan fingerprint density at radius 2 is 2.24 bits per heavy atom. The number of aromatic nitrogens is 2. The molecule has 0 amide bonds. The van der Waals surface area contributed by atoms with Crippen molar-refractivity contribution in [1.29, 1.82) is 0 Å². The Balaban J connectivity index is 2.61. The molecule has 17 heavy (non-hydrogen) atoms. The van der Waals surface area contributed by atoms with Crippen LogP contribution in [0.15, 0.2) is 12.4 Å². The van der Waals surface area contributed by atoms with Crippen LogP contribution in [0.5, 0.6) is 0 Å². The number of nitrogens with one attached hydrogen (secondary N) is 1. The molecule has 0 saturated heterocycles. The van der Waals surface area contributed by atoms with Crippen molar-refractivity contribution in [3.05, 3.63) is 18.0 Å². The van der Waals surface area contributed by atoms with Crippen molar-refractivity contribution in [3.63, 3.8) is 0 Å². The van der Waals surface area contributed by atoms with E-state index < -0.39 is 0 Å². The van der Waals surface area contributed by atoms with Gasteiger partial charge in [-0.3, -0.25) is 16.0 Å². The number of hydrogen-bond donors (Lipinski definition) is 2. The second kappa shape index (κ2) is 7.42. The van der Waals surface area contributed by atoms with Crippen molar-refractivity contribution < 1.29 is 4.74 Å². The smallest absolute Gasteiger partial charge is 0.0742 e. The highest BCUT2D eigenvalue weighted by molar-refractivity contribution is 5.07. The van der Waals surface area contributed by atoms with Gasteiger partial charge in [-0.2, -0.15) is 5.10 Å². The normalized spacial score (nSPS) is 14.8. The summed E-state index contributed by atoms with van der Waals surface area (Å²) < 4.78 is 7.60. The van der Waals surface area contributed by atoms with Crippen LogP contribution in [0.25, 0.3) is 0 Å². The Morgan fingerprint density at radius 3 is 2.71 bits per heavy atom. The molecular formula is C12H24N4O. The third kappa shape index (κ3) is 4.11. The van der Waals surface area contributed by atoms with Gasteiger partial charge in [0, 0.05) is 19.3 Å². The summed E-state index contributed by atoms with van der Waals surface area (Å²) in [6.07, 6.45) is 5.89. The summed E-state index contributed by atoms with van der Waals surface area (Å²) in [7, 11) is 0. The zero-order chi connectivity index (χ0) is 12.7. The van der Waals surface area contributed by atoms with Crippen molar-refractivity contribution in [2.75, 3.05) is 6.61 Å². The van der Waals surface area contributed by atoms with Gasteiger partial charge >= 0.3 is 0 Å². The maximum Gasteiger partial charge on any atom is 0.0742 e. The first-order valence-electron chi connectivity index (χ1n) is 6.34. The van der Waals surface area contributed by atoms with Gasteiger partial charge in [0.1, 0.15) is 0 Å². The zero-order valence-corrected chi connectivity index (χ0v) is 11.0. The van der Waals surface area contributed by atoms with E-state index in [2.05, 4.69) is 30.6 Å². The predicted octanol–water partition coefficient (Wildman–Crippen LogP) is 1.09. The summed E-state index contributed by atoms with van der Waals surface area (Å²) in [5, 5.41) is 4.26. The molecule has 5 heteroatoms. The molecule has 0 aliphatic rings. The summed E-state index contributed by atoms with van der Waals surface area (Å²) in [5.41, 5.74) is 4.04. The van der Waals surface area contributed by atoms with E-state index in [1.165, 1.54) is 5.56 Å². The minimum Gasteiger partial charge on any atom is -0.377 e.